The molecule has 32 heavy (non-hydrogen) atoms. The van der Waals surface area contributed by atoms with Crippen molar-refractivity contribution >= 4 is 22.9 Å². The third-order valence-corrected chi connectivity index (χ3v) is 6.16. The number of halogens is 3. The molecular weight excluding hydrogens is 413 g/mol. The standard InChI is InChI=1S/C26H21F3N2O/c1-25(2)22-21(15-11-13-16(14-12-15)26(27,28)29)24(32)18-8-4-5-9-19(18)30-23(22)17-7-3-6-10-20(17)31-25/h3-14,21,30-31H,1-2H3. The summed E-state index contributed by atoms with van der Waals surface area (Å²) in [6, 6.07) is 20.0. The third kappa shape index (κ3) is 3.18. The molecule has 0 fully saturated rings. The summed E-state index contributed by atoms with van der Waals surface area (Å²) >= 11 is 0. The van der Waals surface area contributed by atoms with Crippen LogP contribution in [-0.2, 0) is 6.18 Å². The van der Waals surface area contributed by atoms with Crippen molar-refractivity contribution in [2.75, 3.05) is 10.6 Å². The minimum absolute atomic E-state index is 0.146. The van der Waals surface area contributed by atoms with Crippen molar-refractivity contribution in [2.45, 2.75) is 31.5 Å². The molecule has 0 amide bonds. The highest BCUT2D eigenvalue weighted by molar-refractivity contribution is 6.12. The number of nitrogens with one attached hydrogen (secondary N) is 2. The second-order valence-corrected chi connectivity index (χ2v) is 8.67. The lowest BCUT2D eigenvalue weighted by Gasteiger charge is -2.40. The Bertz CT molecular complexity index is 1260. The summed E-state index contributed by atoms with van der Waals surface area (Å²) < 4.78 is 39.5. The molecule has 162 valence electrons. The Labute approximate surface area is 184 Å². The van der Waals surface area contributed by atoms with E-state index >= 15 is 0 Å². The first kappa shape index (κ1) is 20.4. The number of anilines is 2. The first-order valence-electron chi connectivity index (χ1n) is 10.4. The van der Waals surface area contributed by atoms with E-state index in [2.05, 4.69) is 10.6 Å². The van der Waals surface area contributed by atoms with Crippen LogP contribution >= 0.6 is 0 Å². The van der Waals surface area contributed by atoms with Gasteiger partial charge in [-0.1, -0.05) is 42.5 Å². The fourth-order valence-electron chi connectivity index (χ4n) is 4.72. The molecule has 0 saturated heterocycles. The van der Waals surface area contributed by atoms with Gasteiger partial charge in [-0.25, -0.2) is 0 Å². The zero-order valence-corrected chi connectivity index (χ0v) is 17.5. The Morgan fingerprint density at radius 3 is 2.06 bits per heavy atom. The topological polar surface area (TPSA) is 41.1 Å². The van der Waals surface area contributed by atoms with E-state index in [4.69, 9.17) is 0 Å². The first-order chi connectivity index (χ1) is 15.2. The molecular formula is C26H21F3N2O. The molecule has 5 rings (SSSR count). The molecule has 6 heteroatoms. The van der Waals surface area contributed by atoms with E-state index in [1.54, 1.807) is 12.1 Å². The summed E-state index contributed by atoms with van der Waals surface area (Å²) in [7, 11) is 0. The van der Waals surface area contributed by atoms with Gasteiger partial charge in [-0.3, -0.25) is 4.79 Å². The Balaban J connectivity index is 1.78. The third-order valence-electron chi connectivity index (χ3n) is 6.16. The van der Waals surface area contributed by atoms with Gasteiger partial charge in [0, 0.05) is 22.5 Å². The molecule has 3 nitrogen and oxygen atoms in total. The summed E-state index contributed by atoms with van der Waals surface area (Å²) in [6.45, 7) is 3.97. The Morgan fingerprint density at radius 1 is 0.812 bits per heavy atom. The lowest BCUT2D eigenvalue weighted by Crippen LogP contribution is -2.41. The van der Waals surface area contributed by atoms with Crippen LogP contribution in [0.1, 0.15) is 46.8 Å². The van der Waals surface area contributed by atoms with E-state index in [1.807, 2.05) is 50.2 Å². The quantitative estimate of drug-likeness (QED) is 0.447. The SMILES string of the molecule is CC1(C)Nc2ccccc2C2=C1C(c1ccc(C(F)(F)F)cc1)C(=O)c1ccccc1N2. The molecule has 0 aromatic heterocycles. The van der Waals surface area contributed by atoms with Crippen LogP contribution < -0.4 is 10.6 Å². The minimum Gasteiger partial charge on any atom is -0.376 e. The maximum absolute atomic E-state index is 13.8. The average molecular weight is 434 g/mol. The number of para-hydroxylation sites is 2. The first-order valence-corrected chi connectivity index (χ1v) is 10.4. The number of Topliss-reactive ketones (excluding diaryl/α,β-unsaturated/α-hetero) is 1. The molecule has 3 aromatic carbocycles. The molecule has 1 unspecified atom stereocenters. The fourth-order valence-corrected chi connectivity index (χ4v) is 4.72. The molecule has 0 saturated carbocycles. The lowest BCUT2D eigenvalue weighted by molar-refractivity contribution is -0.137. The van der Waals surface area contributed by atoms with Crippen LogP contribution in [0.15, 0.2) is 78.4 Å². The van der Waals surface area contributed by atoms with Crippen LogP contribution in [-0.4, -0.2) is 11.3 Å². The fraction of sp³-hybridized carbons (Fsp3) is 0.192. The predicted molar refractivity (Wildman–Crippen MR) is 120 cm³/mol. The average Bonchev–Trinajstić information content (AvgIpc) is 2.88. The van der Waals surface area contributed by atoms with Gasteiger partial charge in [-0.05, 0) is 55.3 Å². The van der Waals surface area contributed by atoms with E-state index < -0.39 is 23.2 Å². The number of ketones is 1. The van der Waals surface area contributed by atoms with Crippen LogP contribution in [0, 0.1) is 0 Å². The largest absolute Gasteiger partial charge is 0.416 e. The van der Waals surface area contributed by atoms with E-state index in [9.17, 15) is 18.0 Å². The Morgan fingerprint density at radius 2 is 1.41 bits per heavy atom. The lowest BCUT2D eigenvalue weighted by atomic mass is 9.73. The highest BCUT2D eigenvalue weighted by Gasteiger charge is 2.43. The van der Waals surface area contributed by atoms with E-state index in [1.165, 1.54) is 12.1 Å². The summed E-state index contributed by atoms with van der Waals surface area (Å²) in [5.41, 5.74) is 3.84. The normalized spacial score (nSPS) is 19.2. The molecule has 3 aromatic rings. The predicted octanol–water partition coefficient (Wildman–Crippen LogP) is 6.71. The van der Waals surface area contributed by atoms with Gasteiger partial charge in [0.15, 0.2) is 5.78 Å². The second kappa shape index (κ2) is 6.99. The van der Waals surface area contributed by atoms with Crippen molar-refractivity contribution in [2.24, 2.45) is 0 Å². The van der Waals surface area contributed by atoms with Gasteiger partial charge >= 0.3 is 6.18 Å². The van der Waals surface area contributed by atoms with E-state index in [0.717, 1.165) is 34.7 Å². The molecule has 2 heterocycles. The van der Waals surface area contributed by atoms with Crippen molar-refractivity contribution in [3.8, 4) is 0 Å². The van der Waals surface area contributed by atoms with Gasteiger partial charge in [0.2, 0.25) is 0 Å². The van der Waals surface area contributed by atoms with Gasteiger partial charge in [0.05, 0.1) is 22.7 Å². The van der Waals surface area contributed by atoms with Crippen LogP contribution in [0.4, 0.5) is 24.5 Å². The summed E-state index contributed by atoms with van der Waals surface area (Å²) in [4.78, 5) is 13.8. The highest BCUT2D eigenvalue weighted by Crippen LogP contribution is 2.49. The second-order valence-electron chi connectivity index (χ2n) is 8.67. The molecule has 1 atom stereocenters. The van der Waals surface area contributed by atoms with Gasteiger partial charge in [0.1, 0.15) is 0 Å². The smallest absolute Gasteiger partial charge is 0.376 e. The minimum atomic E-state index is -4.44. The molecule has 0 spiro atoms. The van der Waals surface area contributed by atoms with Crippen molar-refractivity contribution in [1.29, 1.82) is 0 Å². The molecule has 0 aliphatic carbocycles. The van der Waals surface area contributed by atoms with Gasteiger partial charge in [-0.2, -0.15) is 13.2 Å². The van der Waals surface area contributed by atoms with Crippen molar-refractivity contribution < 1.29 is 18.0 Å². The van der Waals surface area contributed by atoms with Crippen molar-refractivity contribution in [1.82, 2.24) is 0 Å². The number of carbonyl (C=O) groups excluding carboxylic acids is 1. The van der Waals surface area contributed by atoms with Gasteiger partial charge in [0.25, 0.3) is 0 Å². The van der Waals surface area contributed by atoms with Gasteiger partial charge in [-0.15, -0.1) is 0 Å². The number of alkyl halides is 3. The Hall–Kier alpha value is -3.54. The molecule has 2 N–H and O–H groups in total. The molecule has 0 bridgehead atoms. The highest BCUT2D eigenvalue weighted by atomic mass is 19.4. The Kier molecular flexibility index (Phi) is 4.45. The maximum Gasteiger partial charge on any atom is 0.416 e. The number of rotatable bonds is 1. The molecule has 2 aliphatic heterocycles. The zero-order chi connectivity index (χ0) is 22.7. The van der Waals surface area contributed by atoms with Gasteiger partial charge < -0.3 is 10.6 Å². The van der Waals surface area contributed by atoms with Crippen molar-refractivity contribution in [3.63, 3.8) is 0 Å². The van der Waals surface area contributed by atoms with E-state index in [0.29, 0.717) is 16.8 Å². The van der Waals surface area contributed by atoms with Crippen LogP contribution in [0.3, 0.4) is 0 Å². The van der Waals surface area contributed by atoms with Crippen molar-refractivity contribution in [3.05, 3.63) is 101 Å². The number of hydrogen-bond acceptors (Lipinski definition) is 3. The van der Waals surface area contributed by atoms with Crippen LogP contribution in [0.25, 0.3) is 5.70 Å². The maximum atomic E-state index is 13.8. The summed E-state index contributed by atoms with van der Waals surface area (Å²) in [5, 5.41) is 6.99. The van der Waals surface area contributed by atoms with E-state index in [-0.39, 0.29) is 5.78 Å². The number of hydrogen-bond donors (Lipinski definition) is 2. The van der Waals surface area contributed by atoms with Crippen LogP contribution in [0.5, 0.6) is 0 Å². The molecule has 0 radical (unpaired) electrons. The number of benzene rings is 3. The monoisotopic (exact) mass is 434 g/mol. The number of carbonyl (C=O) groups is 1. The summed E-state index contributed by atoms with van der Waals surface area (Å²) in [6.07, 6.45) is -4.44. The molecule has 2 aliphatic rings. The number of fused-ring (bicyclic) bond motifs is 3. The zero-order valence-electron chi connectivity index (χ0n) is 17.5. The van der Waals surface area contributed by atoms with Crippen LogP contribution in [0.2, 0.25) is 0 Å². The summed E-state index contributed by atoms with van der Waals surface area (Å²) in [5.74, 6) is -0.883.